The summed E-state index contributed by atoms with van der Waals surface area (Å²) in [5, 5.41) is 20.8. The Labute approximate surface area is 204 Å². The number of rotatable bonds is 8. The number of alkyl halides is 3. The van der Waals surface area contributed by atoms with Crippen LogP contribution in [0.25, 0.3) is 11.2 Å². The second-order valence-corrected chi connectivity index (χ2v) is 9.28. The van der Waals surface area contributed by atoms with Gasteiger partial charge in [-0.25, -0.2) is 9.13 Å². The zero-order valence-electron chi connectivity index (χ0n) is 18.6. The average molecular weight is 552 g/mol. The highest BCUT2D eigenvalue weighted by molar-refractivity contribution is 7.46. The minimum Gasteiger partial charge on any atom is -0.490 e. The van der Waals surface area contributed by atoms with Crippen molar-refractivity contribution in [3.05, 3.63) is 46.5 Å². The number of aromatic nitrogens is 4. The Bertz CT molecular complexity index is 1370. The first-order chi connectivity index (χ1) is 17.2. The fourth-order valence-electron chi connectivity index (χ4n) is 3.80. The van der Waals surface area contributed by atoms with Gasteiger partial charge in [-0.05, 0) is 24.3 Å². The zero-order valence-corrected chi connectivity index (χ0v) is 19.5. The van der Waals surface area contributed by atoms with E-state index in [1.807, 2.05) is 0 Å². The molecule has 0 aliphatic carbocycles. The molecule has 4 rings (SSSR count). The van der Waals surface area contributed by atoms with Gasteiger partial charge < -0.3 is 35.2 Å². The number of nitrogens with two attached hydrogens (primary N) is 1. The van der Waals surface area contributed by atoms with E-state index in [9.17, 15) is 32.7 Å². The van der Waals surface area contributed by atoms with Gasteiger partial charge in [0, 0.05) is 0 Å². The first kappa shape index (κ1) is 27.0. The number of nitrogens with zero attached hydrogens (tertiary/aromatic N) is 3. The molecule has 0 spiro atoms. The molecule has 0 bridgehead atoms. The minimum absolute atomic E-state index is 0.00465. The number of phosphoric ester groups is 1. The highest BCUT2D eigenvalue weighted by Gasteiger charge is 2.47. The zero-order chi connectivity index (χ0) is 27.1. The lowest BCUT2D eigenvalue weighted by molar-refractivity contribution is -0.746. The normalized spacial score (nSPS) is 22.6. The number of aliphatic hydroxyl groups is 2. The van der Waals surface area contributed by atoms with Crippen LogP contribution in [0.5, 0.6) is 5.75 Å². The lowest BCUT2D eigenvalue weighted by Crippen LogP contribution is -2.46. The fraction of sp³-hybridized carbons (Fsp3) is 0.421. The van der Waals surface area contributed by atoms with Crippen LogP contribution in [0.4, 0.5) is 19.1 Å². The number of nitrogens with one attached hydrogen (secondary N) is 1. The molecule has 0 radical (unpaired) electrons. The predicted molar refractivity (Wildman–Crippen MR) is 116 cm³/mol. The summed E-state index contributed by atoms with van der Waals surface area (Å²) in [4.78, 5) is 36.8. The van der Waals surface area contributed by atoms with Gasteiger partial charge in [0.2, 0.25) is 11.7 Å². The number of halogens is 3. The van der Waals surface area contributed by atoms with E-state index < -0.39 is 56.3 Å². The maximum atomic E-state index is 12.7. The molecule has 4 atom stereocenters. The van der Waals surface area contributed by atoms with E-state index in [0.717, 1.165) is 24.3 Å². The van der Waals surface area contributed by atoms with Crippen LogP contribution in [0.2, 0.25) is 0 Å². The summed E-state index contributed by atoms with van der Waals surface area (Å²) in [6.07, 6.45) is -9.08. The first-order valence-corrected chi connectivity index (χ1v) is 12.1. The molecule has 14 nitrogen and oxygen atoms in total. The van der Waals surface area contributed by atoms with Crippen molar-refractivity contribution in [3.63, 3.8) is 0 Å². The van der Waals surface area contributed by atoms with Gasteiger partial charge in [0.05, 0.1) is 12.2 Å². The van der Waals surface area contributed by atoms with Crippen LogP contribution in [0.1, 0.15) is 11.8 Å². The van der Waals surface area contributed by atoms with Crippen molar-refractivity contribution in [2.45, 2.75) is 37.3 Å². The molecule has 2 aromatic heterocycles. The number of benzene rings is 1. The Hall–Kier alpha value is -3.05. The predicted octanol–water partition coefficient (Wildman–Crippen LogP) is -0.579. The van der Waals surface area contributed by atoms with Crippen molar-refractivity contribution >= 4 is 24.9 Å². The standard InChI is InChI=1S/C19H21F3N5O9P/c20-19(21,22)9-1-3-10(4-2-9)34-6-5-26-8-27(15-12(26)16(30)25-18(23)24-15)17-14(29)13(28)11(36-17)7-35-37(31,32)33/h1-4,8,11,13-14,17,28-29H,5-7H2,(H4-,23,24,25,30,31,32,33)/p+1/t11-,13-,14-,17-/m1/s1. The molecule has 0 amide bonds. The third-order valence-corrected chi connectivity index (χ3v) is 5.98. The Morgan fingerprint density at radius 2 is 1.89 bits per heavy atom. The third-order valence-electron chi connectivity index (χ3n) is 5.49. The number of H-pyrrole nitrogens is 1. The highest BCUT2D eigenvalue weighted by atomic mass is 31.2. The van der Waals surface area contributed by atoms with Crippen molar-refractivity contribution in [2.24, 2.45) is 0 Å². The van der Waals surface area contributed by atoms with E-state index >= 15 is 0 Å². The van der Waals surface area contributed by atoms with Crippen molar-refractivity contribution in [2.75, 3.05) is 18.9 Å². The van der Waals surface area contributed by atoms with Gasteiger partial charge >= 0.3 is 19.6 Å². The van der Waals surface area contributed by atoms with E-state index in [2.05, 4.69) is 14.5 Å². The minimum atomic E-state index is -4.88. The van der Waals surface area contributed by atoms with Gasteiger partial charge in [-0.1, -0.05) is 4.98 Å². The topological polar surface area (TPSA) is 206 Å². The molecule has 1 aliphatic heterocycles. The summed E-state index contributed by atoms with van der Waals surface area (Å²) in [7, 11) is -4.88. The molecular weight excluding hydrogens is 530 g/mol. The van der Waals surface area contributed by atoms with E-state index in [1.54, 1.807) is 0 Å². The van der Waals surface area contributed by atoms with Gasteiger partial charge in [-0.2, -0.15) is 13.2 Å². The molecule has 1 saturated heterocycles. The lowest BCUT2D eigenvalue weighted by atomic mass is 10.1. The van der Waals surface area contributed by atoms with Crippen LogP contribution in [0.15, 0.2) is 35.4 Å². The number of aliphatic hydroxyl groups excluding tert-OH is 2. The summed E-state index contributed by atoms with van der Waals surface area (Å²) < 4.78 is 67.1. The SMILES string of the molecule is Nc1nc2c(c(=O)[nH]1)n(CCOc1ccc(C(F)(F)F)cc1)c[n+]2[C@@H]1O[C@H](COP(=O)(O)O)[C@@H](O)[C@H]1O. The van der Waals surface area contributed by atoms with Crippen molar-refractivity contribution in [1.29, 1.82) is 0 Å². The van der Waals surface area contributed by atoms with Crippen LogP contribution in [-0.2, 0) is 26.5 Å². The van der Waals surface area contributed by atoms with E-state index in [-0.39, 0.29) is 36.0 Å². The molecule has 1 aliphatic rings. The van der Waals surface area contributed by atoms with Crippen LogP contribution >= 0.6 is 7.82 Å². The van der Waals surface area contributed by atoms with Crippen LogP contribution in [-0.4, -0.2) is 66.1 Å². The highest BCUT2D eigenvalue weighted by Crippen LogP contribution is 2.38. The van der Waals surface area contributed by atoms with E-state index in [1.165, 1.54) is 15.5 Å². The third kappa shape index (κ3) is 5.93. The molecule has 37 heavy (non-hydrogen) atoms. The number of ether oxygens (including phenoxy) is 2. The molecule has 3 aromatic rings. The number of hydrogen-bond acceptors (Lipinski definition) is 9. The molecule has 7 N–H and O–H groups in total. The summed E-state index contributed by atoms with van der Waals surface area (Å²) in [6.45, 7) is -0.834. The van der Waals surface area contributed by atoms with Gasteiger partial charge in [0.15, 0.2) is 6.33 Å². The quantitative estimate of drug-likeness (QED) is 0.154. The van der Waals surface area contributed by atoms with Crippen LogP contribution < -0.4 is 20.6 Å². The number of hydrogen-bond donors (Lipinski definition) is 6. The van der Waals surface area contributed by atoms with Crippen LogP contribution in [0.3, 0.4) is 0 Å². The average Bonchev–Trinajstić information content (AvgIpc) is 3.29. The van der Waals surface area contributed by atoms with Gasteiger partial charge in [-0.15, -0.1) is 0 Å². The monoisotopic (exact) mass is 552 g/mol. The molecule has 3 heterocycles. The summed E-state index contributed by atoms with van der Waals surface area (Å²) in [6, 6.07) is 4.02. The van der Waals surface area contributed by atoms with Gasteiger partial charge in [-0.3, -0.25) is 18.9 Å². The molecule has 1 fully saturated rings. The molecule has 1 aromatic carbocycles. The second kappa shape index (κ2) is 10.0. The first-order valence-electron chi connectivity index (χ1n) is 10.6. The molecule has 18 heteroatoms. The largest absolute Gasteiger partial charge is 0.490 e. The van der Waals surface area contributed by atoms with Crippen LogP contribution in [0, 0.1) is 0 Å². The van der Waals surface area contributed by atoms with Crippen molar-refractivity contribution in [1.82, 2.24) is 14.5 Å². The Morgan fingerprint density at radius 1 is 1.22 bits per heavy atom. The summed E-state index contributed by atoms with van der Waals surface area (Å²) in [5.74, 6) is -0.112. The number of fused-ring (bicyclic) bond motifs is 1. The smallest absolute Gasteiger partial charge is 0.469 e. The molecular formula is C19H22F3N5O9P+. The molecule has 202 valence electrons. The maximum Gasteiger partial charge on any atom is 0.469 e. The maximum absolute atomic E-state index is 12.7. The second-order valence-electron chi connectivity index (χ2n) is 8.04. The Balaban J connectivity index is 1.56. The lowest BCUT2D eigenvalue weighted by Gasteiger charge is -2.14. The summed E-state index contributed by atoms with van der Waals surface area (Å²) >= 11 is 0. The van der Waals surface area contributed by atoms with Crippen molar-refractivity contribution < 1.29 is 56.3 Å². The summed E-state index contributed by atoms with van der Waals surface area (Å²) in [5.41, 5.74) is 4.08. The number of aromatic amines is 1. The van der Waals surface area contributed by atoms with E-state index in [0.29, 0.717) is 0 Å². The Kier molecular flexibility index (Phi) is 7.31. The molecule has 0 saturated carbocycles. The number of nitrogen functional groups attached to an aromatic ring is 1. The van der Waals surface area contributed by atoms with E-state index in [4.69, 9.17) is 25.0 Å². The number of anilines is 1. The fourth-order valence-corrected chi connectivity index (χ4v) is 4.14. The molecule has 0 unspecified atom stereocenters. The van der Waals surface area contributed by atoms with Gasteiger partial charge in [0.25, 0.3) is 11.5 Å². The van der Waals surface area contributed by atoms with Gasteiger partial charge in [0.1, 0.15) is 37.2 Å². The number of phosphoric acid groups is 1. The number of imidazole rings is 1. The Morgan fingerprint density at radius 3 is 2.51 bits per heavy atom. The van der Waals surface area contributed by atoms with Crippen molar-refractivity contribution in [3.8, 4) is 5.75 Å².